The molecule has 2 rings (SSSR count). The number of amides is 1. The number of nitrogens with zero attached hydrogens (tertiary/aromatic N) is 1. The van der Waals surface area contributed by atoms with Crippen LogP contribution in [0.15, 0.2) is 52.1 Å². The lowest BCUT2D eigenvalue weighted by atomic mass is 10.2. The summed E-state index contributed by atoms with van der Waals surface area (Å²) >= 11 is 3.19. The van der Waals surface area contributed by atoms with E-state index in [1.54, 1.807) is 24.3 Å². The van der Waals surface area contributed by atoms with Crippen LogP contribution in [0.3, 0.4) is 0 Å². The van der Waals surface area contributed by atoms with Gasteiger partial charge in [-0.05, 0) is 45.8 Å². The number of aromatic nitrogens is 1. The minimum Gasteiger partial charge on any atom is -0.348 e. The zero-order valence-electron chi connectivity index (χ0n) is 10.8. The van der Waals surface area contributed by atoms with Crippen molar-refractivity contribution >= 4 is 31.9 Å². The Hall–Kier alpha value is -1.77. The van der Waals surface area contributed by atoms with Gasteiger partial charge in [0.1, 0.15) is 4.60 Å². The molecule has 0 saturated heterocycles. The number of rotatable bonds is 4. The summed E-state index contributed by atoms with van der Waals surface area (Å²) in [5, 5.41) is 7.74. The molecule has 8 heteroatoms. The molecular weight excluding hydrogens is 358 g/mol. The van der Waals surface area contributed by atoms with Crippen LogP contribution in [0.1, 0.15) is 15.9 Å². The van der Waals surface area contributed by atoms with E-state index >= 15 is 0 Å². The van der Waals surface area contributed by atoms with Crippen molar-refractivity contribution in [2.75, 3.05) is 0 Å². The van der Waals surface area contributed by atoms with Gasteiger partial charge in [-0.1, -0.05) is 12.1 Å². The molecule has 0 saturated carbocycles. The van der Waals surface area contributed by atoms with E-state index in [4.69, 9.17) is 5.14 Å². The molecule has 21 heavy (non-hydrogen) atoms. The van der Waals surface area contributed by atoms with Crippen LogP contribution in [0, 0.1) is 0 Å². The summed E-state index contributed by atoms with van der Waals surface area (Å²) in [7, 11) is -3.75. The SMILES string of the molecule is NS(=O)(=O)c1cccc(CNC(=O)c2ccc(Br)nc2)c1. The Morgan fingerprint density at radius 1 is 1.29 bits per heavy atom. The number of primary sulfonamides is 1. The molecule has 1 aromatic carbocycles. The summed E-state index contributed by atoms with van der Waals surface area (Å²) in [5.74, 6) is -0.295. The quantitative estimate of drug-likeness (QED) is 0.795. The average molecular weight is 370 g/mol. The van der Waals surface area contributed by atoms with Crippen molar-refractivity contribution in [3.63, 3.8) is 0 Å². The summed E-state index contributed by atoms with van der Waals surface area (Å²) < 4.78 is 23.1. The van der Waals surface area contributed by atoms with E-state index in [1.807, 2.05) is 0 Å². The maximum Gasteiger partial charge on any atom is 0.253 e. The van der Waals surface area contributed by atoms with Crippen molar-refractivity contribution in [2.24, 2.45) is 5.14 Å². The van der Waals surface area contributed by atoms with Crippen LogP contribution in [0.4, 0.5) is 0 Å². The van der Waals surface area contributed by atoms with Gasteiger partial charge in [0.15, 0.2) is 0 Å². The fourth-order valence-corrected chi connectivity index (χ4v) is 2.45. The first-order chi connectivity index (χ1) is 9.86. The Kier molecular flexibility index (Phi) is 4.71. The summed E-state index contributed by atoms with van der Waals surface area (Å²) in [6.07, 6.45) is 1.44. The fourth-order valence-electron chi connectivity index (χ4n) is 1.63. The zero-order valence-corrected chi connectivity index (χ0v) is 13.2. The molecule has 1 heterocycles. The summed E-state index contributed by atoms with van der Waals surface area (Å²) in [6.45, 7) is 0.193. The van der Waals surface area contributed by atoms with E-state index in [-0.39, 0.29) is 17.3 Å². The summed E-state index contributed by atoms with van der Waals surface area (Å²) in [5.41, 5.74) is 1.06. The molecule has 3 N–H and O–H groups in total. The molecular formula is C13H12BrN3O3S. The first-order valence-electron chi connectivity index (χ1n) is 5.88. The number of pyridine rings is 1. The molecule has 110 valence electrons. The molecule has 0 aliphatic heterocycles. The summed E-state index contributed by atoms with van der Waals surface area (Å²) in [4.78, 5) is 15.9. The van der Waals surface area contributed by atoms with Gasteiger partial charge < -0.3 is 5.32 Å². The maximum absolute atomic E-state index is 11.9. The minimum absolute atomic E-state index is 0.0135. The Balaban J connectivity index is 2.06. The van der Waals surface area contributed by atoms with Crippen LogP contribution < -0.4 is 10.5 Å². The highest BCUT2D eigenvalue weighted by molar-refractivity contribution is 9.10. The van der Waals surface area contributed by atoms with Gasteiger partial charge in [-0.2, -0.15) is 0 Å². The highest BCUT2D eigenvalue weighted by Crippen LogP contribution is 2.10. The standard InChI is InChI=1S/C13H12BrN3O3S/c14-12-5-4-10(8-16-12)13(18)17-7-9-2-1-3-11(6-9)21(15,19)20/h1-6,8H,7H2,(H,17,18)(H2,15,19,20). The van der Waals surface area contributed by atoms with Crippen molar-refractivity contribution in [3.05, 3.63) is 58.3 Å². The molecule has 1 aromatic heterocycles. The Labute approximate surface area is 130 Å². The smallest absolute Gasteiger partial charge is 0.253 e. The number of halogens is 1. The third-order valence-corrected chi connectivity index (χ3v) is 4.05. The second kappa shape index (κ2) is 6.33. The van der Waals surface area contributed by atoms with Gasteiger partial charge in [0.25, 0.3) is 5.91 Å². The molecule has 0 bridgehead atoms. The normalized spacial score (nSPS) is 11.1. The highest BCUT2D eigenvalue weighted by atomic mass is 79.9. The topological polar surface area (TPSA) is 102 Å². The molecule has 2 aromatic rings. The van der Waals surface area contributed by atoms with E-state index in [2.05, 4.69) is 26.2 Å². The number of nitrogens with one attached hydrogen (secondary N) is 1. The number of benzene rings is 1. The number of hydrogen-bond acceptors (Lipinski definition) is 4. The van der Waals surface area contributed by atoms with Crippen LogP contribution in [-0.4, -0.2) is 19.3 Å². The van der Waals surface area contributed by atoms with Crippen LogP contribution in [0.25, 0.3) is 0 Å². The predicted molar refractivity (Wildman–Crippen MR) is 80.9 cm³/mol. The van der Waals surface area contributed by atoms with Crippen molar-refractivity contribution in [2.45, 2.75) is 11.4 Å². The number of carbonyl (C=O) groups is 1. The lowest BCUT2D eigenvalue weighted by Gasteiger charge is -2.06. The van der Waals surface area contributed by atoms with Crippen LogP contribution in [0.2, 0.25) is 0 Å². The molecule has 0 spiro atoms. The van der Waals surface area contributed by atoms with Gasteiger partial charge in [0, 0.05) is 12.7 Å². The molecule has 0 radical (unpaired) electrons. The van der Waals surface area contributed by atoms with Gasteiger partial charge in [-0.3, -0.25) is 4.79 Å². The molecule has 6 nitrogen and oxygen atoms in total. The first kappa shape index (κ1) is 15.6. The third-order valence-electron chi connectivity index (χ3n) is 2.67. The number of nitrogens with two attached hydrogens (primary N) is 1. The summed E-state index contributed by atoms with van der Waals surface area (Å²) in [6, 6.07) is 9.40. The number of hydrogen-bond donors (Lipinski definition) is 2. The molecule has 0 aliphatic rings. The van der Waals surface area contributed by atoms with Crippen LogP contribution in [-0.2, 0) is 16.6 Å². The zero-order chi connectivity index (χ0) is 15.5. The molecule has 0 atom stereocenters. The number of carbonyl (C=O) groups excluding carboxylic acids is 1. The van der Waals surface area contributed by atoms with Crippen molar-refractivity contribution in [1.82, 2.24) is 10.3 Å². The van der Waals surface area contributed by atoms with E-state index in [9.17, 15) is 13.2 Å². The lowest BCUT2D eigenvalue weighted by Crippen LogP contribution is -2.23. The molecule has 0 aliphatic carbocycles. The Morgan fingerprint density at radius 3 is 2.67 bits per heavy atom. The highest BCUT2D eigenvalue weighted by Gasteiger charge is 2.09. The van der Waals surface area contributed by atoms with Crippen molar-refractivity contribution < 1.29 is 13.2 Å². The van der Waals surface area contributed by atoms with Gasteiger partial charge in [0.2, 0.25) is 10.0 Å². The largest absolute Gasteiger partial charge is 0.348 e. The van der Waals surface area contributed by atoms with E-state index in [1.165, 1.54) is 18.3 Å². The first-order valence-corrected chi connectivity index (χ1v) is 8.22. The second-order valence-corrected chi connectivity index (χ2v) is 6.62. The Morgan fingerprint density at radius 2 is 2.05 bits per heavy atom. The fraction of sp³-hybridized carbons (Fsp3) is 0.0769. The monoisotopic (exact) mass is 369 g/mol. The average Bonchev–Trinajstić information content (AvgIpc) is 2.45. The number of sulfonamides is 1. The van der Waals surface area contributed by atoms with Gasteiger partial charge >= 0.3 is 0 Å². The van der Waals surface area contributed by atoms with Crippen molar-refractivity contribution in [1.29, 1.82) is 0 Å². The van der Waals surface area contributed by atoms with Crippen LogP contribution in [0.5, 0.6) is 0 Å². The third kappa shape index (κ3) is 4.35. The van der Waals surface area contributed by atoms with Crippen molar-refractivity contribution in [3.8, 4) is 0 Å². The Bertz CT molecular complexity index is 760. The van der Waals surface area contributed by atoms with E-state index in [0.29, 0.717) is 15.7 Å². The maximum atomic E-state index is 11.9. The van der Waals surface area contributed by atoms with Gasteiger partial charge in [0.05, 0.1) is 10.5 Å². The second-order valence-electron chi connectivity index (χ2n) is 4.24. The molecule has 1 amide bonds. The molecule has 0 unspecified atom stereocenters. The lowest BCUT2D eigenvalue weighted by molar-refractivity contribution is 0.0950. The van der Waals surface area contributed by atoms with E-state index in [0.717, 1.165) is 0 Å². The van der Waals surface area contributed by atoms with Gasteiger partial charge in [-0.25, -0.2) is 18.5 Å². The predicted octanol–water partition coefficient (Wildman–Crippen LogP) is 1.42. The minimum atomic E-state index is -3.75. The molecule has 0 fully saturated rings. The van der Waals surface area contributed by atoms with E-state index < -0.39 is 10.0 Å². The van der Waals surface area contributed by atoms with Gasteiger partial charge in [-0.15, -0.1) is 0 Å². The van der Waals surface area contributed by atoms with Crippen LogP contribution >= 0.6 is 15.9 Å².